The van der Waals surface area contributed by atoms with E-state index >= 15 is 0 Å². The van der Waals surface area contributed by atoms with Gasteiger partial charge in [0, 0.05) is 0 Å². The van der Waals surface area contributed by atoms with Crippen LogP contribution in [0.3, 0.4) is 0 Å². The van der Waals surface area contributed by atoms with Crippen LogP contribution in [0.25, 0.3) is 0 Å². The zero-order chi connectivity index (χ0) is 16.7. The Balaban J connectivity index is 2.04. The van der Waals surface area contributed by atoms with Crippen LogP contribution in [0.4, 0.5) is 0 Å². The molecule has 1 N–H and O–H groups in total. The molecule has 2 rings (SSSR count). The molecule has 1 unspecified atom stereocenters. The monoisotopic (exact) mass is 311 g/mol. The molecule has 2 aromatic carbocycles. The molecule has 0 fully saturated rings. The van der Waals surface area contributed by atoms with Crippen molar-refractivity contribution in [1.29, 1.82) is 5.26 Å². The highest BCUT2D eigenvalue weighted by atomic mass is 16.5. The van der Waals surface area contributed by atoms with Crippen LogP contribution in [0.5, 0.6) is 11.5 Å². The minimum atomic E-state index is -0.999. The van der Waals surface area contributed by atoms with Gasteiger partial charge < -0.3 is 14.6 Å². The van der Waals surface area contributed by atoms with E-state index in [-0.39, 0.29) is 6.42 Å². The van der Waals surface area contributed by atoms with E-state index in [0.717, 1.165) is 11.3 Å². The van der Waals surface area contributed by atoms with Gasteiger partial charge in [0.25, 0.3) is 0 Å². The minimum Gasteiger partial charge on any atom is -0.497 e. The van der Waals surface area contributed by atoms with Crippen LogP contribution in [0.15, 0.2) is 48.5 Å². The number of carboxylic acids is 1. The summed E-state index contributed by atoms with van der Waals surface area (Å²) in [7, 11) is 1.61. The van der Waals surface area contributed by atoms with E-state index in [2.05, 4.69) is 0 Å². The summed E-state index contributed by atoms with van der Waals surface area (Å²) >= 11 is 0. The van der Waals surface area contributed by atoms with Crippen molar-refractivity contribution >= 4 is 5.97 Å². The van der Waals surface area contributed by atoms with E-state index in [4.69, 9.17) is 19.8 Å². The van der Waals surface area contributed by atoms with Crippen LogP contribution < -0.4 is 9.47 Å². The second-order valence-corrected chi connectivity index (χ2v) is 4.99. The van der Waals surface area contributed by atoms with Crippen molar-refractivity contribution in [2.75, 3.05) is 7.11 Å². The van der Waals surface area contributed by atoms with E-state index in [1.54, 1.807) is 31.4 Å². The number of nitriles is 1. The molecule has 0 spiro atoms. The number of carboxylic acid groups (broad SMARTS) is 1. The van der Waals surface area contributed by atoms with Gasteiger partial charge in [-0.3, -0.25) is 4.79 Å². The fourth-order valence-corrected chi connectivity index (χ4v) is 2.12. The van der Waals surface area contributed by atoms with Crippen molar-refractivity contribution in [3.8, 4) is 17.6 Å². The third-order valence-corrected chi connectivity index (χ3v) is 3.36. The maximum Gasteiger partial charge on any atom is 0.305 e. The van der Waals surface area contributed by atoms with Gasteiger partial charge in [-0.25, -0.2) is 0 Å². The summed E-state index contributed by atoms with van der Waals surface area (Å²) < 4.78 is 10.8. The first kappa shape index (κ1) is 16.4. The highest BCUT2D eigenvalue weighted by molar-refractivity contribution is 5.68. The Kier molecular flexibility index (Phi) is 5.59. The van der Waals surface area contributed by atoms with Gasteiger partial charge in [-0.1, -0.05) is 24.3 Å². The lowest BCUT2D eigenvalue weighted by atomic mass is 9.97. The molecule has 23 heavy (non-hydrogen) atoms. The normalized spacial score (nSPS) is 11.3. The molecule has 5 heteroatoms. The third kappa shape index (κ3) is 4.75. The van der Waals surface area contributed by atoms with Gasteiger partial charge in [0.05, 0.1) is 25.5 Å². The van der Waals surface area contributed by atoms with Gasteiger partial charge in [-0.15, -0.1) is 0 Å². The van der Waals surface area contributed by atoms with Crippen molar-refractivity contribution in [3.63, 3.8) is 0 Å². The standard InChI is InChI=1S/C18H17NO4/c1-22-16-7-5-13(6-8-16)12-23-17-4-2-3-14(9-17)15(11-19)10-18(20)21/h2-9,15H,10,12H2,1H3,(H,20,21). The zero-order valence-corrected chi connectivity index (χ0v) is 12.7. The average molecular weight is 311 g/mol. The third-order valence-electron chi connectivity index (χ3n) is 3.36. The second-order valence-electron chi connectivity index (χ2n) is 4.99. The van der Waals surface area contributed by atoms with Gasteiger partial charge in [-0.2, -0.15) is 5.26 Å². The Hall–Kier alpha value is -3.00. The molecule has 0 aliphatic carbocycles. The smallest absolute Gasteiger partial charge is 0.305 e. The van der Waals surface area contributed by atoms with Crippen molar-refractivity contribution in [3.05, 3.63) is 59.7 Å². The number of methoxy groups -OCH3 is 1. The second kappa shape index (κ2) is 7.85. The molecule has 0 bridgehead atoms. The molecule has 0 saturated carbocycles. The van der Waals surface area contributed by atoms with E-state index in [1.165, 1.54) is 0 Å². The Morgan fingerprint density at radius 3 is 2.57 bits per heavy atom. The van der Waals surface area contributed by atoms with Crippen LogP contribution in [-0.2, 0) is 11.4 Å². The highest BCUT2D eigenvalue weighted by Gasteiger charge is 2.15. The molecule has 0 aliphatic heterocycles. The molecule has 0 radical (unpaired) electrons. The molecule has 118 valence electrons. The minimum absolute atomic E-state index is 0.224. The number of hydrogen-bond acceptors (Lipinski definition) is 4. The first-order valence-electron chi connectivity index (χ1n) is 7.09. The summed E-state index contributed by atoms with van der Waals surface area (Å²) in [6, 6.07) is 16.5. The molecule has 0 heterocycles. The van der Waals surface area contributed by atoms with Gasteiger partial charge in [0.15, 0.2) is 0 Å². The van der Waals surface area contributed by atoms with Crippen LogP contribution in [0.1, 0.15) is 23.5 Å². The quantitative estimate of drug-likeness (QED) is 0.848. The van der Waals surface area contributed by atoms with E-state index in [9.17, 15) is 4.79 Å². The summed E-state index contributed by atoms with van der Waals surface area (Å²) in [5.74, 6) is -0.302. The molecular weight excluding hydrogens is 294 g/mol. The van der Waals surface area contributed by atoms with Crippen molar-refractivity contribution in [2.45, 2.75) is 18.9 Å². The van der Waals surface area contributed by atoms with Crippen molar-refractivity contribution in [1.82, 2.24) is 0 Å². The van der Waals surface area contributed by atoms with Crippen LogP contribution >= 0.6 is 0 Å². The van der Waals surface area contributed by atoms with Crippen molar-refractivity contribution < 1.29 is 19.4 Å². The molecule has 0 saturated heterocycles. The number of carbonyl (C=O) groups is 1. The number of benzene rings is 2. The molecule has 0 aliphatic rings. The number of rotatable bonds is 7. The number of aliphatic carboxylic acids is 1. The van der Waals surface area contributed by atoms with Crippen LogP contribution in [0, 0.1) is 11.3 Å². The Morgan fingerprint density at radius 2 is 1.96 bits per heavy atom. The average Bonchev–Trinajstić information content (AvgIpc) is 2.58. The predicted molar refractivity (Wildman–Crippen MR) is 84.4 cm³/mol. The van der Waals surface area contributed by atoms with Crippen LogP contribution in [-0.4, -0.2) is 18.2 Å². The molecular formula is C18H17NO4. The summed E-state index contributed by atoms with van der Waals surface area (Å²) in [5, 5.41) is 18.0. The Morgan fingerprint density at radius 1 is 1.22 bits per heavy atom. The SMILES string of the molecule is COc1ccc(COc2cccc(C(C#N)CC(=O)O)c2)cc1. The maximum atomic E-state index is 10.8. The number of hydrogen-bond donors (Lipinski definition) is 1. The molecule has 0 amide bonds. The molecule has 5 nitrogen and oxygen atoms in total. The largest absolute Gasteiger partial charge is 0.497 e. The van der Waals surface area contributed by atoms with Crippen molar-refractivity contribution in [2.24, 2.45) is 0 Å². The Bertz CT molecular complexity index is 704. The lowest BCUT2D eigenvalue weighted by molar-refractivity contribution is -0.137. The van der Waals surface area contributed by atoms with E-state index in [1.807, 2.05) is 30.3 Å². The number of ether oxygens (including phenoxy) is 2. The summed E-state index contributed by atoms with van der Waals surface area (Å²) in [6.07, 6.45) is -0.224. The molecule has 2 aromatic rings. The zero-order valence-electron chi connectivity index (χ0n) is 12.7. The van der Waals surface area contributed by atoms with E-state index < -0.39 is 11.9 Å². The van der Waals surface area contributed by atoms with Gasteiger partial charge in [0.1, 0.15) is 18.1 Å². The summed E-state index contributed by atoms with van der Waals surface area (Å²) in [5.41, 5.74) is 1.63. The Labute approximate surface area is 134 Å². The van der Waals surface area contributed by atoms with E-state index in [0.29, 0.717) is 17.9 Å². The fourth-order valence-electron chi connectivity index (χ4n) is 2.12. The lowest BCUT2D eigenvalue weighted by Gasteiger charge is -2.11. The lowest BCUT2D eigenvalue weighted by Crippen LogP contribution is -2.04. The molecule has 0 aromatic heterocycles. The first-order valence-corrected chi connectivity index (χ1v) is 7.09. The maximum absolute atomic E-state index is 10.8. The van der Waals surface area contributed by atoms with Crippen LogP contribution in [0.2, 0.25) is 0 Å². The summed E-state index contributed by atoms with van der Waals surface area (Å²) in [4.78, 5) is 10.8. The predicted octanol–water partition coefficient (Wildman–Crippen LogP) is 3.36. The van der Waals surface area contributed by atoms with Gasteiger partial charge in [0.2, 0.25) is 0 Å². The fraction of sp³-hybridized carbons (Fsp3) is 0.222. The topological polar surface area (TPSA) is 79.5 Å². The molecule has 1 atom stereocenters. The van der Waals surface area contributed by atoms with Gasteiger partial charge >= 0.3 is 5.97 Å². The first-order chi connectivity index (χ1) is 11.1. The summed E-state index contributed by atoms with van der Waals surface area (Å²) in [6.45, 7) is 0.379. The van der Waals surface area contributed by atoms with Gasteiger partial charge in [-0.05, 0) is 35.4 Å². The number of nitrogens with zero attached hydrogens (tertiary/aromatic N) is 1. The highest BCUT2D eigenvalue weighted by Crippen LogP contribution is 2.24.